The molecule has 0 radical (unpaired) electrons. The van der Waals surface area contributed by atoms with Crippen molar-refractivity contribution in [1.82, 2.24) is 14.9 Å². The van der Waals surface area contributed by atoms with E-state index in [0.29, 0.717) is 17.8 Å². The van der Waals surface area contributed by atoms with E-state index < -0.39 is 0 Å². The Morgan fingerprint density at radius 1 is 1.42 bits per heavy atom. The second kappa shape index (κ2) is 5.69. The molecule has 0 saturated carbocycles. The Balaban J connectivity index is 1.87. The SMILES string of the molecule is Cn1ccnc1CNC(=O)Nc1ccc(C#N)cc1. The molecule has 0 aliphatic carbocycles. The Morgan fingerprint density at radius 3 is 2.74 bits per heavy atom. The molecule has 0 atom stereocenters. The fourth-order valence-corrected chi connectivity index (χ4v) is 1.53. The molecular weight excluding hydrogens is 242 g/mol. The first-order chi connectivity index (χ1) is 9.19. The first-order valence-corrected chi connectivity index (χ1v) is 5.70. The zero-order valence-electron chi connectivity index (χ0n) is 10.4. The minimum atomic E-state index is -0.312. The van der Waals surface area contributed by atoms with Crippen LogP contribution in [0.3, 0.4) is 0 Å². The quantitative estimate of drug-likeness (QED) is 0.874. The van der Waals surface area contributed by atoms with Gasteiger partial charge in [0.15, 0.2) is 0 Å². The molecule has 2 N–H and O–H groups in total. The second-order valence-electron chi connectivity index (χ2n) is 3.95. The monoisotopic (exact) mass is 255 g/mol. The first-order valence-electron chi connectivity index (χ1n) is 5.70. The van der Waals surface area contributed by atoms with Crippen LogP contribution in [-0.2, 0) is 13.6 Å². The fraction of sp³-hybridized carbons (Fsp3) is 0.154. The molecule has 1 aromatic heterocycles. The van der Waals surface area contributed by atoms with Gasteiger partial charge in [-0.15, -0.1) is 0 Å². The van der Waals surface area contributed by atoms with Crippen molar-refractivity contribution in [2.75, 3.05) is 5.32 Å². The van der Waals surface area contributed by atoms with E-state index in [-0.39, 0.29) is 6.03 Å². The number of benzene rings is 1. The van der Waals surface area contributed by atoms with Gasteiger partial charge in [-0.2, -0.15) is 5.26 Å². The van der Waals surface area contributed by atoms with Gasteiger partial charge in [0.1, 0.15) is 5.82 Å². The number of carbonyl (C=O) groups is 1. The highest BCUT2D eigenvalue weighted by molar-refractivity contribution is 5.89. The number of hydrogen-bond donors (Lipinski definition) is 2. The lowest BCUT2D eigenvalue weighted by atomic mass is 10.2. The number of imidazole rings is 1. The average Bonchev–Trinajstić information content (AvgIpc) is 2.83. The number of nitrogens with zero attached hydrogens (tertiary/aromatic N) is 3. The Labute approximate surface area is 110 Å². The van der Waals surface area contributed by atoms with Crippen LogP contribution < -0.4 is 10.6 Å². The minimum Gasteiger partial charge on any atom is -0.337 e. The highest BCUT2D eigenvalue weighted by Gasteiger charge is 2.04. The maximum atomic E-state index is 11.6. The van der Waals surface area contributed by atoms with Gasteiger partial charge in [0.2, 0.25) is 0 Å². The Hall–Kier alpha value is -2.81. The zero-order chi connectivity index (χ0) is 13.7. The predicted molar refractivity (Wildman–Crippen MR) is 70.2 cm³/mol. The number of aryl methyl sites for hydroxylation is 1. The molecular formula is C13H13N5O. The normalized spacial score (nSPS) is 9.68. The van der Waals surface area contributed by atoms with Gasteiger partial charge in [-0.25, -0.2) is 9.78 Å². The van der Waals surface area contributed by atoms with Crippen molar-refractivity contribution in [3.05, 3.63) is 48.0 Å². The van der Waals surface area contributed by atoms with Crippen molar-refractivity contribution in [2.24, 2.45) is 7.05 Å². The van der Waals surface area contributed by atoms with Gasteiger partial charge in [0.05, 0.1) is 18.2 Å². The zero-order valence-corrected chi connectivity index (χ0v) is 10.4. The maximum Gasteiger partial charge on any atom is 0.319 e. The van der Waals surface area contributed by atoms with Gasteiger partial charge in [-0.3, -0.25) is 0 Å². The summed E-state index contributed by atoms with van der Waals surface area (Å²) in [6.45, 7) is 0.353. The van der Waals surface area contributed by atoms with E-state index in [2.05, 4.69) is 15.6 Å². The summed E-state index contributed by atoms with van der Waals surface area (Å²) in [6, 6.07) is 8.36. The van der Waals surface area contributed by atoms with Crippen molar-refractivity contribution in [2.45, 2.75) is 6.54 Å². The average molecular weight is 255 g/mol. The summed E-state index contributed by atoms with van der Waals surface area (Å²) in [7, 11) is 1.86. The van der Waals surface area contributed by atoms with Crippen LogP contribution in [0.25, 0.3) is 0 Å². The number of amides is 2. The number of urea groups is 1. The third kappa shape index (κ3) is 3.33. The van der Waals surface area contributed by atoms with Crippen molar-refractivity contribution in [3.8, 4) is 6.07 Å². The Kier molecular flexibility index (Phi) is 3.78. The molecule has 0 aliphatic heterocycles. The molecule has 2 aromatic rings. The summed E-state index contributed by atoms with van der Waals surface area (Å²) in [5.41, 5.74) is 1.19. The summed E-state index contributed by atoms with van der Waals surface area (Å²) in [6.07, 6.45) is 3.49. The maximum absolute atomic E-state index is 11.6. The molecule has 1 heterocycles. The minimum absolute atomic E-state index is 0.312. The van der Waals surface area contributed by atoms with Gasteiger partial charge in [0, 0.05) is 25.1 Å². The number of aromatic nitrogens is 2. The summed E-state index contributed by atoms with van der Waals surface area (Å²) < 4.78 is 1.84. The van der Waals surface area contributed by atoms with Crippen LogP contribution in [0.15, 0.2) is 36.7 Å². The molecule has 2 amide bonds. The van der Waals surface area contributed by atoms with Gasteiger partial charge in [0.25, 0.3) is 0 Å². The lowest BCUT2D eigenvalue weighted by Gasteiger charge is -2.07. The predicted octanol–water partition coefficient (Wildman–Crippen LogP) is 1.61. The molecule has 6 heteroatoms. The van der Waals surface area contributed by atoms with Crippen LogP contribution in [0.1, 0.15) is 11.4 Å². The Morgan fingerprint density at radius 2 is 2.16 bits per heavy atom. The summed E-state index contributed by atoms with van der Waals surface area (Å²) >= 11 is 0. The number of hydrogen-bond acceptors (Lipinski definition) is 3. The van der Waals surface area contributed by atoms with Crippen LogP contribution in [0.5, 0.6) is 0 Å². The lowest BCUT2D eigenvalue weighted by molar-refractivity contribution is 0.251. The van der Waals surface area contributed by atoms with E-state index in [0.717, 1.165) is 5.82 Å². The van der Waals surface area contributed by atoms with Gasteiger partial charge in [-0.1, -0.05) is 0 Å². The van der Waals surface area contributed by atoms with Crippen LogP contribution in [-0.4, -0.2) is 15.6 Å². The summed E-state index contributed by atoms with van der Waals surface area (Å²) in [5, 5.41) is 14.1. The van der Waals surface area contributed by atoms with E-state index >= 15 is 0 Å². The molecule has 0 spiro atoms. The number of nitriles is 1. The van der Waals surface area contributed by atoms with Crippen molar-refractivity contribution < 1.29 is 4.79 Å². The molecule has 0 bridgehead atoms. The van der Waals surface area contributed by atoms with Crippen molar-refractivity contribution in [1.29, 1.82) is 5.26 Å². The molecule has 6 nitrogen and oxygen atoms in total. The molecule has 2 rings (SSSR count). The third-order valence-corrected chi connectivity index (χ3v) is 2.60. The second-order valence-corrected chi connectivity index (χ2v) is 3.95. The Bertz CT molecular complexity index is 609. The third-order valence-electron chi connectivity index (χ3n) is 2.60. The number of nitrogens with one attached hydrogen (secondary N) is 2. The van der Waals surface area contributed by atoms with E-state index in [1.165, 1.54) is 0 Å². The molecule has 0 unspecified atom stereocenters. The number of rotatable bonds is 3. The summed E-state index contributed by atoms with van der Waals surface area (Å²) in [4.78, 5) is 15.8. The number of carbonyl (C=O) groups excluding carboxylic acids is 1. The van der Waals surface area contributed by atoms with E-state index in [1.807, 2.05) is 23.9 Å². The highest BCUT2D eigenvalue weighted by Crippen LogP contribution is 2.08. The number of anilines is 1. The van der Waals surface area contributed by atoms with Crippen LogP contribution in [0, 0.1) is 11.3 Å². The topological polar surface area (TPSA) is 82.7 Å². The largest absolute Gasteiger partial charge is 0.337 e. The smallest absolute Gasteiger partial charge is 0.319 e. The van der Waals surface area contributed by atoms with Crippen LogP contribution >= 0.6 is 0 Å². The molecule has 0 saturated heterocycles. The van der Waals surface area contributed by atoms with Gasteiger partial charge >= 0.3 is 6.03 Å². The van der Waals surface area contributed by atoms with E-state index in [4.69, 9.17) is 5.26 Å². The van der Waals surface area contributed by atoms with Crippen molar-refractivity contribution >= 4 is 11.7 Å². The molecule has 1 aromatic carbocycles. The summed E-state index contributed by atoms with van der Waals surface area (Å²) in [5.74, 6) is 0.773. The molecule has 0 aliphatic rings. The molecule has 0 fully saturated rings. The first kappa shape index (κ1) is 12.6. The van der Waals surface area contributed by atoms with Crippen molar-refractivity contribution in [3.63, 3.8) is 0 Å². The van der Waals surface area contributed by atoms with Gasteiger partial charge < -0.3 is 15.2 Å². The van der Waals surface area contributed by atoms with E-state index in [9.17, 15) is 4.79 Å². The molecule has 19 heavy (non-hydrogen) atoms. The lowest BCUT2D eigenvalue weighted by Crippen LogP contribution is -2.29. The van der Waals surface area contributed by atoms with Crippen LogP contribution in [0.2, 0.25) is 0 Å². The van der Waals surface area contributed by atoms with Crippen LogP contribution in [0.4, 0.5) is 10.5 Å². The fourth-order valence-electron chi connectivity index (χ4n) is 1.53. The van der Waals surface area contributed by atoms with Gasteiger partial charge in [-0.05, 0) is 24.3 Å². The molecule has 96 valence electrons. The standard InChI is InChI=1S/C13H13N5O/c1-18-7-6-15-12(18)9-16-13(19)17-11-4-2-10(8-14)3-5-11/h2-7H,9H2,1H3,(H2,16,17,19). The van der Waals surface area contributed by atoms with E-state index in [1.54, 1.807) is 30.5 Å². The highest BCUT2D eigenvalue weighted by atomic mass is 16.2.